The molecule has 1 atom stereocenters. The Kier molecular flexibility index (Phi) is 5.89. The van der Waals surface area contributed by atoms with Gasteiger partial charge in [-0.25, -0.2) is 0 Å². The maximum absolute atomic E-state index is 13.7. The van der Waals surface area contributed by atoms with E-state index in [1.807, 2.05) is 43.3 Å². The van der Waals surface area contributed by atoms with Crippen molar-refractivity contribution in [2.75, 3.05) is 44.3 Å². The minimum atomic E-state index is -0.799. The molecule has 8 nitrogen and oxygen atoms in total. The van der Waals surface area contributed by atoms with E-state index in [0.29, 0.717) is 39.3 Å². The van der Waals surface area contributed by atoms with Crippen LogP contribution in [-0.2, 0) is 4.74 Å². The molecule has 1 unspecified atom stereocenters. The SMILES string of the molecule is Cc1cc(C(C)O)c2c(=O)c(-c3ccc(N4CCN(C5COC5)CC4)cc3)c(C(=N)N)[nH]c2c1. The molecule has 0 bridgehead atoms. The summed E-state index contributed by atoms with van der Waals surface area (Å²) in [4.78, 5) is 21.7. The second-order valence-electron chi connectivity index (χ2n) is 9.33. The Balaban J connectivity index is 1.51. The molecule has 2 aliphatic rings. The zero-order valence-corrected chi connectivity index (χ0v) is 19.6. The highest BCUT2D eigenvalue weighted by Crippen LogP contribution is 2.29. The van der Waals surface area contributed by atoms with Gasteiger partial charge in [0.15, 0.2) is 5.43 Å². The largest absolute Gasteiger partial charge is 0.389 e. The van der Waals surface area contributed by atoms with Gasteiger partial charge in [0.2, 0.25) is 0 Å². The Hall–Kier alpha value is -3.20. The fourth-order valence-corrected chi connectivity index (χ4v) is 5.03. The van der Waals surface area contributed by atoms with Gasteiger partial charge in [-0.05, 0) is 48.7 Å². The molecule has 3 aromatic rings. The number of rotatable bonds is 5. The maximum Gasteiger partial charge on any atom is 0.198 e. The number of benzene rings is 2. The van der Waals surface area contributed by atoms with E-state index < -0.39 is 6.10 Å². The molecule has 8 heteroatoms. The molecule has 2 aromatic carbocycles. The van der Waals surface area contributed by atoms with Crippen molar-refractivity contribution in [2.45, 2.75) is 26.0 Å². The van der Waals surface area contributed by atoms with E-state index in [2.05, 4.69) is 14.8 Å². The van der Waals surface area contributed by atoms with Crippen molar-refractivity contribution < 1.29 is 9.84 Å². The van der Waals surface area contributed by atoms with E-state index in [-0.39, 0.29) is 11.3 Å². The second kappa shape index (κ2) is 8.87. The number of ether oxygens (including phenoxy) is 1. The lowest BCUT2D eigenvalue weighted by atomic mass is 9.95. The zero-order valence-electron chi connectivity index (χ0n) is 19.6. The molecule has 0 saturated carbocycles. The van der Waals surface area contributed by atoms with Gasteiger partial charge in [-0.15, -0.1) is 0 Å². The Bertz CT molecular complexity index is 1290. The van der Waals surface area contributed by atoms with E-state index >= 15 is 0 Å². The summed E-state index contributed by atoms with van der Waals surface area (Å²) in [7, 11) is 0. The topological polar surface area (TPSA) is 119 Å². The number of aliphatic hydroxyl groups is 1. The van der Waals surface area contributed by atoms with Gasteiger partial charge in [0.05, 0.1) is 47.5 Å². The third-order valence-electron chi connectivity index (χ3n) is 6.97. The fourth-order valence-electron chi connectivity index (χ4n) is 5.03. The molecule has 2 fully saturated rings. The number of hydrogen-bond donors (Lipinski definition) is 4. The van der Waals surface area contributed by atoms with Crippen molar-refractivity contribution in [1.82, 2.24) is 9.88 Å². The van der Waals surface area contributed by atoms with Crippen LogP contribution in [0.5, 0.6) is 0 Å². The number of aliphatic hydroxyl groups excluding tert-OH is 1. The van der Waals surface area contributed by atoms with Gasteiger partial charge >= 0.3 is 0 Å². The Morgan fingerprint density at radius 2 is 1.85 bits per heavy atom. The summed E-state index contributed by atoms with van der Waals surface area (Å²) in [5.74, 6) is -0.200. The van der Waals surface area contributed by atoms with Crippen molar-refractivity contribution in [2.24, 2.45) is 5.73 Å². The van der Waals surface area contributed by atoms with E-state index in [4.69, 9.17) is 15.9 Å². The van der Waals surface area contributed by atoms with E-state index in [0.717, 1.165) is 50.6 Å². The van der Waals surface area contributed by atoms with Crippen LogP contribution in [0, 0.1) is 12.3 Å². The molecular formula is C26H31N5O3. The van der Waals surface area contributed by atoms with E-state index in [1.165, 1.54) is 0 Å². The number of nitrogens with zero attached hydrogens (tertiary/aromatic N) is 2. The molecule has 0 spiro atoms. The Morgan fingerprint density at radius 1 is 1.18 bits per heavy atom. The molecule has 5 N–H and O–H groups in total. The lowest BCUT2D eigenvalue weighted by Crippen LogP contribution is -2.56. The Labute approximate surface area is 198 Å². The number of hydrogen-bond acceptors (Lipinski definition) is 6. The molecule has 1 aromatic heterocycles. The van der Waals surface area contributed by atoms with Crippen molar-refractivity contribution >= 4 is 22.4 Å². The van der Waals surface area contributed by atoms with Gasteiger partial charge in [0, 0.05) is 31.9 Å². The summed E-state index contributed by atoms with van der Waals surface area (Å²) in [6.07, 6.45) is -0.799. The highest BCUT2D eigenvalue weighted by Gasteiger charge is 2.29. The number of nitrogen functional groups attached to an aromatic ring is 1. The first-order valence-corrected chi connectivity index (χ1v) is 11.7. The van der Waals surface area contributed by atoms with Gasteiger partial charge in [0.25, 0.3) is 0 Å². The molecule has 34 heavy (non-hydrogen) atoms. The van der Waals surface area contributed by atoms with Crippen molar-refractivity contribution in [3.05, 3.63) is 63.4 Å². The third kappa shape index (κ3) is 3.98. The highest BCUT2D eigenvalue weighted by atomic mass is 16.5. The minimum absolute atomic E-state index is 0.200. The van der Waals surface area contributed by atoms with Crippen LogP contribution >= 0.6 is 0 Å². The minimum Gasteiger partial charge on any atom is -0.389 e. The third-order valence-corrected chi connectivity index (χ3v) is 6.97. The number of nitrogens with one attached hydrogen (secondary N) is 2. The molecule has 2 aliphatic heterocycles. The number of fused-ring (bicyclic) bond motifs is 1. The van der Waals surface area contributed by atoms with E-state index in [9.17, 15) is 9.90 Å². The van der Waals surface area contributed by atoms with Gasteiger partial charge in [0.1, 0.15) is 5.84 Å². The van der Waals surface area contributed by atoms with Gasteiger partial charge in [-0.2, -0.15) is 0 Å². The number of H-pyrrole nitrogens is 1. The van der Waals surface area contributed by atoms with Crippen LogP contribution in [0.1, 0.15) is 29.8 Å². The maximum atomic E-state index is 13.7. The number of anilines is 1. The predicted octanol–water partition coefficient (Wildman–Crippen LogP) is 2.36. The Morgan fingerprint density at radius 3 is 2.41 bits per heavy atom. The first-order valence-electron chi connectivity index (χ1n) is 11.7. The standard InChI is InChI=1S/C26H31N5O3/c1-15-11-20(16(2)32)23-21(12-15)29-24(26(27)28)22(25(23)33)17-3-5-18(6-4-17)30-7-9-31(10-8-30)19-13-34-14-19/h3-6,11-12,16,19,32H,7-10,13-14H2,1-2H3,(H3,27,28)(H,29,33). The summed E-state index contributed by atoms with van der Waals surface area (Å²) in [5, 5.41) is 18.9. The quantitative estimate of drug-likeness (QED) is 0.342. The van der Waals surface area contributed by atoms with Crippen LogP contribution in [0.15, 0.2) is 41.2 Å². The predicted molar refractivity (Wildman–Crippen MR) is 135 cm³/mol. The van der Waals surface area contributed by atoms with Crippen molar-refractivity contribution in [3.8, 4) is 11.1 Å². The molecule has 2 saturated heterocycles. The number of pyridine rings is 1. The van der Waals surface area contributed by atoms with Crippen molar-refractivity contribution in [1.29, 1.82) is 5.41 Å². The smallest absolute Gasteiger partial charge is 0.198 e. The van der Waals surface area contributed by atoms with Crippen LogP contribution < -0.4 is 16.1 Å². The summed E-state index contributed by atoms with van der Waals surface area (Å²) in [5.41, 5.74) is 10.2. The fraction of sp³-hybridized carbons (Fsp3) is 0.385. The molecule has 0 aliphatic carbocycles. The van der Waals surface area contributed by atoms with Crippen LogP contribution in [-0.4, -0.2) is 66.3 Å². The first-order chi connectivity index (χ1) is 16.3. The van der Waals surface area contributed by atoms with Crippen LogP contribution in [0.4, 0.5) is 5.69 Å². The number of amidine groups is 1. The molecular weight excluding hydrogens is 430 g/mol. The van der Waals surface area contributed by atoms with Gasteiger partial charge < -0.3 is 25.5 Å². The van der Waals surface area contributed by atoms with Crippen LogP contribution in [0.3, 0.4) is 0 Å². The molecule has 0 radical (unpaired) electrons. The number of piperazine rings is 1. The lowest BCUT2D eigenvalue weighted by Gasteiger charge is -2.43. The normalized spacial score (nSPS) is 18.1. The number of aromatic nitrogens is 1. The highest BCUT2D eigenvalue weighted by molar-refractivity contribution is 6.03. The van der Waals surface area contributed by atoms with Gasteiger partial charge in [-0.1, -0.05) is 18.2 Å². The lowest BCUT2D eigenvalue weighted by molar-refractivity contribution is -0.0660. The molecule has 3 heterocycles. The van der Waals surface area contributed by atoms with E-state index in [1.54, 1.807) is 6.92 Å². The van der Waals surface area contributed by atoms with Crippen LogP contribution in [0.2, 0.25) is 0 Å². The summed E-state index contributed by atoms with van der Waals surface area (Å²) < 4.78 is 5.32. The zero-order chi connectivity index (χ0) is 24.0. The molecule has 5 rings (SSSR count). The summed E-state index contributed by atoms with van der Waals surface area (Å²) in [6.45, 7) is 9.15. The molecule has 178 valence electrons. The van der Waals surface area contributed by atoms with Crippen LogP contribution in [0.25, 0.3) is 22.0 Å². The summed E-state index contributed by atoms with van der Waals surface area (Å²) >= 11 is 0. The summed E-state index contributed by atoms with van der Waals surface area (Å²) in [6, 6.07) is 12.1. The van der Waals surface area contributed by atoms with Gasteiger partial charge in [-0.3, -0.25) is 15.1 Å². The molecule has 0 amide bonds. The first kappa shape index (κ1) is 22.6. The number of nitrogens with two attached hydrogens (primary N) is 1. The second-order valence-corrected chi connectivity index (χ2v) is 9.33. The average Bonchev–Trinajstić information content (AvgIpc) is 2.77. The van der Waals surface area contributed by atoms with Crippen molar-refractivity contribution in [3.63, 3.8) is 0 Å². The number of aromatic amines is 1. The average molecular weight is 462 g/mol. The number of aryl methyl sites for hydroxylation is 1. The monoisotopic (exact) mass is 461 g/mol.